The van der Waals surface area contributed by atoms with Crippen molar-refractivity contribution in [2.24, 2.45) is 0 Å². The lowest BCUT2D eigenvalue weighted by atomic mass is 10.3. The largest absolute Gasteiger partial charge is 0.324 e. The van der Waals surface area contributed by atoms with Gasteiger partial charge in [-0.2, -0.15) is 5.26 Å². The third-order valence-electron chi connectivity index (χ3n) is 1.68. The maximum absolute atomic E-state index is 11.2. The predicted octanol–water partition coefficient (Wildman–Crippen LogP) is 2.91. The van der Waals surface area contributed by atoms with E-state index in [1.807, 2.05) is 12.3 Å². The van der Waals surface area contributed by atoms with Crippen molar-refractivity contribution >= 4 is 35.0 Å². The number of thioether (sulfide) groups is 1. The number of hydrogen-bond acceptors (Lipinski definition) is 3. The molecule has 0 fully saturated rings. The maximum atomic E-state index is 11.2. The summed E-state index contributed by atoms with van der Waals surface area (Å²) in [6.07, 6.45) is 1.75. The van der Waals surface area contributed by atoms with Gasteiger partial charge < -0.3 is 5.32 Å². The van der Waals surface area contributed by atoms with Crippen LogP contribution in [0.3, 0.4) is 0 Å². The maximum Gasteiger partial charge on any atom is 0.238 e. The van der Waals surface area contributed by atoms with Gasteiger partial charge in [0.05, 0.1) is 11.8 Å². The molecule has 0 unspecified atom stereocenters. The number of amides is 1. The second-order valence-corrected chi connectivity index (χ2v) is 4.01. The van der Waals surface area contributed by atoms with Gasteiger partial charge in [-0.15, -0.1) is 11.8 Å². The van der Waals surface area contributed by atoms with Gasteiger partial charge in [-0.1, -0.05) is 11.6 Å². The lowest BCUT2D eigenvalue weighted by molar-refractivity contribution is -0.115. The van der Waals surface area contributed by atoms with Crippen LogP contribution in [-0.2, 0) is 4.79 Å². The summed E-state index contributed by atoms with van der Waals surface area (Å²) >= 11 is 7.32. The van der Waals surface area contributed by atoms with E-state index >= 15 is 0 Å². The molecule has 15 heavy (non-hydrogen) atoms. The Bertz CT molecular complexity index is 414. The van der Waals surface area contributed by atoms with Crippen molar-refractivity contribution in [2.45, 2.75) is 11.3 Å². The van der Waals surface area contributed by atoms with Crippen LogP contribution in [0.5, 0.6) is 0 Å². The van der Waals surface area contributed by atoms with Crippen LogP contribution in [0.15, 0.2) is 23.1 Å². The highest BCUT2D eigenvalue weighted by Crippen LogP contribution is 2.28. The van der Waals surface area contributed by atoms with Crippen molar-refractivity contribution in [1.82, 2.24) is 0 Å². The van der Waals surface area contributed by atoms with Gasteiger partial charge in [-0.3, -0.25) is 4.79 Å². The van der Waals surface area contributed by atoms with E-state index in [-0.39, 0.29) is 12.3 Å². The van der Waals surface area contributed by atoms with Gasteiger partial charge in [0.1, 0.15) is 6.42 Å². The Morgan fingerprint density at radius 1 is 1.67 bits per heavy atom. The van der Waals surface area contributed by atoms with E-state index in [2.05, 4.69) is 5.32 Å². The first-order chi connectivity index (χ1) is 7.17. The minimum atomic E-state index is -0.324. The van der Waals surface area contributed by atoms with E-state index in [4.69, 9.17) is 16.9 Å². The molecule has 1 aromatic rings. The number of nitrogens with one attached hydrogen (secondary N) is 1. The Morgan fingerprint density at radius 3 is 3.00 bits per heavy atom. The summed E-state index contributed by atoms with van der Waals surface area (Å²) in [5.41, 5.74) is 0.648. The SMILES string of the molecule is CSc1ccc(Cl)cc1NC(=O)CC#N. The Kier molecular flexibility index (Phi) is 4.47. The highest BCUT2D eigenvalue weighted by Gasteiger charge is 2.06. The molecule has 0 heterocycles. The van der Waals surface area contributed by atoms with Gasteiger partial charge in [0.25, 0.3) is 0 Å². The van der Waals surface area contributed by atoms with Gasteiger partial charge in [0.15, 0.2) is 0 Å². The molecule has 1 rings (SSSR count). The molecule has 78 valence electrons. The number of carbonyl (C=O) groups is 1. The van der Waals surface area contributed by atoms with Crippen molar-refractivity contribution < 1.29 is 4.79 Å². The fraction of sp³-hybridized carbons (Fsp3) is 0.200. The van der Waals surface area contributed by atoms with Crippen LogP contribution in [0.2, 0.25) is 5.02 Å². The number of benzene rings is 1. The zero-order chi connectivity index (χ0) is 11.3. The summed E-state index contributed by atoms with van der Waals surface area (Å²) in [7, 11) is 0. The number of nitrogens with zero attached hydrogens (tertiary/aromatic N) is 1. The molecule has 1 aromatic carbocycles. The molecule has 0 aliphatic heterocycles. The van der Waals surface area contributed by atoms with E-state index < -0.39 is 0 Å². The van der Waals surface area contributed by atoms with Crippen LogP contribution in [0.1, 0.15) is 6.42 Å². The third-order valence-corrected chi connectivity index (χ3v) is 2.71. The molecule has 0 aromatic heterocycles. The summed E-state index contributed by atoms with van der Waals surface area (Å²) in [5.74, 6) is -0.324. The minimum Gasteiger partial charge on any atom is -0.324 e. The second kappa shape index (κ2) is 5.64. The molecule has 0 aliphatic rings. The number of hydrogen-bond donors (Lipinski definition) is 1. The standard InChI is InChI=1S/C10H9ClN2OS/c1-15-9-3-2-7(11)6-8(9)13-10(14)4-5-12/h2-3,6H,4H2,1H3,(H,13,14). The minimum absolute atomic E-state index is 0.152. The predicted molar refractivity (Wildman–Crippen MR) is 62.1 cm³/mol. The van der Waals surface area contributed by atoms with E-state index in [9.17, 15) is 4.79 Å². The van der Waals surface area contributed by atoms with Crippen LogP contribution in [0.4, 0.5) is 5.69 Å². The summed E-state index contributed by atoms with van der Waals surface area (Å²) in [6, 6.07) is 7.04. The number of rotatable bonds is 3. The van der Waals surface area contributed by atoms with Crippen LogP contribution in [0.25, 0.3) is 0 Å². The first-order valence-corrected chi connectivity index (χ1v) is 5.78. The Morgan fingerprint density at radius 2 is 2.40 bits per heavy atom. The first-order valence-electron chi connectivity index (χ1n) is 4.17. The normalized spacial score (nSPS) is 9.40. The van der Waals surface area contributed by atoms with Crippen molar-refractivity contribution in [3.8, 4) is 6.07 Å². The van der Waals surface area contributed by atoms with Crippen LogP contribution < -0.4 is 5.32 Å². The average molecular weight is 241 g/mol. The quantitative estimate of drug-likeness (QED) is 0.827. The molecule has 0 bridgehead atoms. The number of nitriles is 1. The van der Waals surface area contributed by atoms with Gasteiger partial charge in [0.2, 0.25) is 5.91 Å². The summed E-state index contributed by atoms with van der Waals surface area (Å²) in [5, 5.41) is 11.5. The second-order valence-electron chi connectivity index (χ2n) is 2.73. The molecule has 0 saturated heterocycles. The first kappa shape index (κ1) is 11.9. The van der Waals surface area contributed by atoms with Gasteiger partial charge in [0, 0.05) is 9.92 Å². The number of carbonyl (C=O) groups excluding carboxylic acids is 1. The molecular weight excluding hydrogens is 232 g/mol. The lowest BCUT2D eigenvalue weighted by Gasteiger charge is -2.08. The molecule has 1 N–H and O–H groups in total. The van der Waals surface area contributed by atoms with E-state index in [1.54, 1.807) is 18.2 Å². The highest BCUT2D eigenvalue weighted by atomic mass is 35.5. The molecule has 0 atom stereocenters. The highest BCUT2D eigenvalue weighted by molar-refractivity contribution is 7.98. The van der Waals surface area contributed by atoms with Crippen molar-refractivity contribution in [1.29, 1.82) is 5.26 Å². The van der Waals surface area contributed by atoms with Crippen molar-refractivity contribution in [3.63, 3.8) is 0 Å². The molecule has 0 saturated carbocycles. The molecule has 1 amide bonds. The van der Waals surface area contributed by atoms with E-state index in [0.29, 0.717) is 10.7 Å². The topological polar surface area (TPSA) is 52.9 Å². The van der Waals surface area contributed by atoms with Gasteiger partial charge >= 0.3 is 0 Å². The summed E-state index contributed by atoms with van der Waals surface area (Å²) < 4.78 is 0. The summed E-state index contributed by atoms with van der Waals surface area (Å²) in [4.78, 5) is 12.1. The zero-order valence-corrected chi connectivity index (χ0v) is 9.65. The van der Waals surface area contributed by atoms with Crippen molar-refractivity contribution in [3.05, 3.63) is 23.2 Å². The Balaban J connectivity index is 2.88. The fourth-order valence-corrected chi connectivity index (χ4v) is 1.75. The third kappa shape index (κ3) is 3.46. The van der Waals surface area contributed by atoms with Crippen molar-refractivity contribution in [2.75, 3.05) is 11.6 Å². The Labute approximate surface area is 97.4 Å². The molecule has 0 radical (unpaired) electrons. The van der Waals surface area contributed by atoms with Crippen LogP contribution in [-0.4, -0.2) is 12.2 Å². The van der Waals surface area contributed by atoms with E-state index in [1.165, 1.54) is 11.8 Å². The molecular formula is C10H9ClN2OS. The van der Waals surface area contributed by atoms with Gasteiger partial charge in [-0.25, -0.2) is 0 Å². The zero-order valence-electron chi connectivity index (χ0n) is 8.08. The lowest BCUT2D eigenvalue weighted by Crippen LogP contribution is -2.10. The smallest absolute Gasteiger partial charge is 0.238 e. The molecule has 0 spiro atoms. The molecule has 3 nitrogen and oxygen atoms in total. The average Bonchev–Trinajstić information content (AvgIpc) is 2.18. The van der Waals surface area contributed by atoms with Crippen LogP contribution >= 0.6 is 23.4 Å². The van der Waals surface area contributed by atoms with E-state index in [0.717, 1.165) is 4.90 Å². The molecule has 5 heteroatoms. The summed E-state index contributed by atoms with van der Waals surface area (Å²) in [6.45, 7) is 0. The number of anilines is 1. The number of halogens is 1. The molecule has 0 aliphatic carbocycles. The fourth-order valence-electron chi connectivity index (χ4n) is 1.04. The monoisotopic (exact) mass is 240 g/mol. The van der Waals surface area contributed by atoms with Crippen LogP contribution in [0, 0.1) is 11.3 Å². The van der Waals surface area contributed by atoms with Gasteiger partial charge in [-0.05, 0) is 24.5 Å². The Hall–Kier alpha value is -1.18.